The molecule has 1 nitrogen and oxygen atoms in total. The maximum Gasteiger partial charge on any atom is 0.0778 e. The molecule has 1 N–H and O–H groups in total. The van der Waals surface area contributed by atoms with Gasteiger partial charge in [-0.05, 0) is 24.4 Å². The van der Waals surface area contributed by atoms with Crippen LogP contribution in [-0.4, -0.2) is 11.2 Å². The first-order chi connectivity index (χ1) is 8.80. The lowest BCUT2D eigenvalue weighted by Gasteiger charge is -2.37. The highest BCUT2D eigenvalue weighted by Gasteiger charge is 2.40. The zero-order valence-electron chi connectivity index (χ0n) is 12.1. The molecule has 15 heavy (non-hydrogen) atoms. The second-order valence-corrected chi connectivity index (χ2v) is 5.61. The molecule has 1 aromatic carbocycles. The van der Waals surface area contributed by atoms with E-state index in [2.05, 4.69) is 15.9 Å². The largest absolute Gasteiger partial charge is 0.391 e. The van der Waals surface area contributed by atoms with Crippen molar-refractivity contribution in [2.75, 3.05) is 0 Å². The molecule has 0 bridgehead atoms. The van der Waals surface area contributed by atoms with Gasteiger partial charge in [-0.3, -0.25) is 0 Å². The lowest BCUT2D eigenvalue weighted by Crippen LogP contribution is -2.36. The minimum atomic E-state index is -0.890. The Labute approximate surface area is 109 Å². The molecule has 0 aliphatic heterocycles. The highest BCUT2D eigenvalue weighted by atomic mass is 79.9. The number of aliphatic hydroxyl groups excluding tert-OH is 1. The molecule has 2 atom stereocenters. The Balaban J connectivity index is 2.68. The van der Waals surface area contributed by atoms with Crippen LogP contribution in [0.25, 0.3) is 0 Å². The summed E-state index contributed by atoms with van der Waals surface area (Å²) in [5.74, 6) is 0. The van der Waals surface area contributed by atoms with Crippen molar-refractivity contribution in [1.82, 2.24) is 0 Å². The zero-order chi connectivity index (χ0) is 14.4. The van der Waals surface area contributed by atoms with E-state index in [1.165, 1.54) is 0 Å². The Morgan fingerprint density at radius 2 is 2.20 bits per heavy atom. The van der Waals surface area contributed by atoms with Gasteiger partial charge in [0, 0.05) is 5.02 Å². The van der Waals surface area contributed by atoms with Gasteiger partial charge in [0.2, 0.25) is 0 Å². The second-order valence-electron chi connectivity index (χ2n) is 3.81. The third-order valence-corrected chi connectivity index (χ3v) is 4.46. The predicted molar refractivity (Wildman–Crippen MR) is 66.5 cm³/mol. The summed E-state index contributed by atoms with van der Waals surface area (Å²) in [7, 11) is 0. The highest BCUT2D eigenvalue weighted by molar-refractivity contribution is 9.09. The van der Waals surface area contributed by atoms with E-state index in [0.717, 1.165) is 12.8 Å². The molecule has 0 heterocycles. The Kier molecular flexibility index (Phi) is 2.16. The van der Waals surface area contributed by atoms with Crippen LogP contribution in [0.4, 0.5) is 0 Å². The number of halogens is 2. The SMILES string of the molecule is [2H]c1c([2H])c([2H])c(C2(Br)CCCCC2O)c(Cl)c1[2H]. The molecule has 0 radical (unpaired) electrons. The van der Waals surface area contributed by atoms with Gasteiger partial charge in [-0.1, -0.05) is 58.5 Å². The summed E-state index contributed by atoms with van der Waals surface area (Å²) in [5.41, 5.74) is 0.271. The quantitative estimate of drug-likeness (QED) is 0.780. The summed E-state index contributed by atoms with van der Waals surface area (Å²) in [6.45, 7) is 0. The van der Waals surface area contributed by atoms with E-state index in [1.54, 1.807) is 0 Å². The van der Waals surface area contributed by atoms with Gasteiger partial charge in [0.05, 0.1) is 15.9 Å². The summed E-state index contributed by atoms with van der Waals surface area (Å²) in [6.07, 6.45) is 2.25. The Morgan fingerprint density at radius 3 is 2.93 bits per heavy atom. The van der Waals surface area contributed by atoms with E-state index in [-0.39, 0.29) is 34.8 Å². The zero-order valence-corrected chi connectivity index (χ0v) is 10.5. The molecule has 1 aromatic rings. The second kappa shape index (κ2) is 4.44. The van der Waals surface area contributed by atoms with Gasteiger partial charge in [-0.2, -0.15) is 0 Å². The van der Waals surface area contributed by atoms with Crippen LogP contribution in [0.1, 0.15) is 36.7 Å². The van der Waals surface area contributed by atoms with Gasteiger partial charge in [-0.25, -0.2) is 0 Å². The molecule has 0 aromatic heterocycles. The lowest BCUT2D eigenvalue weighted by molar-refractivity contribution is 0.0929. The van der Waals surface area contributed by atoms with Gasteiger partial charge in [0.15, 0.2) is 0 Å². The van der Waals surface area contributed by atoms with Crippen LogP contribution in [0.2, 0.25) is 5.02 Å². The summed E-state index contributed by atoms with van der Waals surface area (Å²) < 4.78 is 30.2. The smallest absolute Gasteiger partial charge is 0.0778 e. The van der Waals surface area contributed by atoms with Gasteiger partial charge in [0.25, 0.3) is 0 Å². The van der Waals surface area contributed by atoms with Crippen LogP contribution in [0, 0.1) is 0 Å². The topological polar surface area (TPSA) is 20.2 Å². The van der Waals surface area contributed by atoms with Crippen molar-refractivity contribution >= 4 is 27.5 Å². The van der Waals surface area contributed by atoms with Crippen LogP contribution in [0.5, 0.6) is 0 Å². The standard InChI is InChI=1S/C12H14BrClO/c13-12(8-4-3-7-11(12)15)9-5-1-2-6-10(9)14/h1-2,5-6,11,15H,3-4,7-8H2/i1D,2D,5D,6D. The fraction of sp³-hybridized carbons (Fsp3) is 0.500. The Morgan fingerprint density at radius 1 is 1.47 bits per heavy atom. The Hall–Kier alpha value is -0.0500. The van der Waals surface area contributed by atoms with Crippen molar-refractivity contribution in [2.24, 2.45) is 0 Å². The van der Waals surface area contributed by atoms with Crippen molar-refractivity contribution in [1.29, 1.82) is 0 Å². The number of hydrogen-bond acceptors (Lipinski definition) is 1. The predicted octanol–water partition coefficient (Wildman–Crippen LogP) is 3.87. The first-order valence-electron chi connectivity index (χ1n) is 6.94. The fourth-order valence-corrected chi connectivity index (χ4v) is 3.17. The van der Waals surface area contributed by atoms with E-state index in [0.29, 0.717) is 12.8 Å². The average Bonchev–Trinajstić information content (AvgIpc) is 2.38. The van der Waals surface area contributed by atoms with Gasteiger partial charge in [0.1, 0.15) is 0 Å². The molecule has 82 valence electrons. The lowest BCUT2D eigenvalue weighted by atomic mass is 9.81. The summed E-state index contributed by atoms with van der Waals surface area (Å²) in [5, 5.41) is 10.2. The minimum absolute atomic E-state index is 0.0103. The van der Waals surface area contributed by atoms with Crippen molar-refractivity contribution in [3.05, 3.63) is 34.8 Å². The molecule has 1 saturated carbocycles. The van der Waals surface area contributed by atoms with Crippen molar-refractivity contribution in [2.45, 2.75) is 36.1 Å². The normalized spacial score (nSPS) is 35.3. The van der Waals surface area contributed by atoms with E-state index in [4.69, 9.17) is 17.1 Å². The van der Waals surface area contributed by atoms with Crippen LogP contribution in [0.15, 0.2) is 24.2 Å². The molecule has 3 heteroatoms. The van der Waals surface area contributed by atoms with E-state index >= 15 is 0 Å². The van der Waals surface area contributed by atoms with Gasteiger partial charge in [-0.15, -0.1) is 0 Å². The third kappa shape index (κ3) is 2.08. The summed E-state index contributed by atoms with van der Waals surface area (Å²) >= 11 is 9.59. The highest BCUT2D eigenvalue weighted by Crippen LogP contribution is 2.46. The molecule has 1 fully saturated rings. The van der Waals surface area contributed by atoms with Crippen LogP contribution in [-0.2, 0) is 4.32 Å². The maximum atomic E-state index is 10.2. The average molecular weight is 294 g/mol. The molecule has 0 saturated heterocycles. The number of aliphatic hydroxyl groups is 1. The van der Waals surface area contributed by atoms with Crippen LogP contribution >= 0.6 is 27.5 Å². The third-order valence-electron chi connectivity index (χ3n) is 2.85. The van der Waals surface area contributed by atoms with E-state index < -0.39 is 10.4 Å². The molecule has 0 spiro atoms. The van der Waals surface area contributed by atoms with Crippen molar-refractivity contribution in [3.63, 3.8) is 0 Å². The number of rotatable bonds is 1. The minimum Gasteiger partial charge on any atom is -0.391 e. The molecule has 2 unspecified atom stereocenters. The Bertz CT molecular complexity index is 496. The summed E-state index contributed by atoms with van der Waals surface area (Å²) in [4.78, 5) is 0. The summed E-state index contributed by atoms with van der Waals surface area (Å²) in [6, 6.07) is -1.10. The molecular weight excluding hydrogens is 275 g/mol. The van der Waals surface area contributed by atoms with Gasteiger partial charge >= 0.3 is 0 Å². The molecule has 0 amide bonds. The first kappa shape index (κ1) is 7.31. The fourth-order valence-electron chi connectivity index (χ4n) is 1.99. The molecule has 1 aliphatic rings. The van der Waals surface area contributed by atoms with E-state index in [1.807, 2.05) is 0 Å². The molecule has 2 rings (SSSR count). The van der Waals surface area contributed by atoms with Crippen LogP contribution < -0.4 is 0 Å². The van der Waals surface area contributed by atoms with Crippen molar-refractivity contribution in [3.8, 4) is 0 Å². The molecular formula is C12H14BrClO. The number of benzene rings is 1. The molecule has 1 aliphatic carbocycles. The number of hydrogen-bond donors (Lipinski definition) is 1. The first-order valence-corrected chi connectivity index (χ1v) is 6.11. The van der Waals surface area contributed by atoms with E-state index in [9.17, 15) is 5.11 Å². The van der Waals surface area contributed by atoms with Crippen LogP contribution in [0.3, 0.4) is 0 Å². The van der Waals surface area contributed by atoms with Crippen molar-refractivity contribution < 1.29 is 10.6 Å². The van der Waals surface area contributed by atoms with Gasteiger partial charge < -0.3 is 5.11 Å². The number of alkyl halides is 1. The maximum absolute atomic E-state index is 10.2. The monoisotopic (exact) mass is 292 g/mol.